The molecule has 4 aromatic rings. The van der Waals surface area contributed by atoms with Gasteiger partial charge in [-0.05, 0) is 67.0 Å². The minimum absolute atomic E-state index is 0. The summed E-state index contributed by atoms with van der Waals surface area (Å²) in [4.78, 5) is 19.3. The van der Waals surface area contributed by atoms with Crippen molar-refractivity contribution in [1.82, 2.24) is 4.98 Å². The summed E-state index contributed by atoms with van der Waals surface area (Å²) in [7, 11) is 0. The number of rotatable bonds is 3. The van der Waals surface area contributed by atoms with Crippen molar-refractivity contribution >= 4 is 33.1 Å². The molecule has 0 fully saturated rings. The third-order valence-electron chi connectivity index (χ3n) is 6.07. The van der Waals surface area contributed by atoms with Crippen molar-refractivity contribution in [2.24, 2.45) is 5.92 Å². The number of amides is 1. The topological polar surface area (TPSA) is 42.0 Å². The number of carbonyl (C=O) groups is 1. The van der Waals surface area contributed by atoms with E-state index in [1.54, 1.807) is 0 Å². The summed E-state index contributed by atoms with van der Waals surface area (Å²) in [5.74, 6) is 0.665. The number of halogens is 1. The van der Waals surface area contributed by atoms with Crippen LogP contribution >= 0.6 is 11.3 Å². The molecule has 2 aromatic heterocycles. The zero-order valence-electron chi connectivity index (χ0n) is 18.5. The Morgan fingerprint density at radius 2 is 1.88 bits per heavy atom. The van der Waals surface area contributed by atoms with Crippen LogP contribution in [0.5, 0.6) is 0 Å². The van der Waals surface area contributed by atoms with Gasteiger partial charge in [0, 0.05) is 28.4 Å². The fourth-order valence-corrected chi connectivity index (χ4v) is 6.00. The molecular formula is C27H26ClN2OS-. The highest BCUT2D eigenvalue weighted by atomic mass is 35.5. The van der Waals surface area contributed by atoms with Crippen LogP contribution in [0.15, 0.2) is 54.6 Å². The number of benzene rings is 2. The smallest absolute Gasteiger partial charge is 0.221 e. The van der Waals surface area contributed by atoms with E-state index in [4.69, 9.17) is 4.98 Å². The van der Waals surface area contributed by atoms with Gasteiger partial charge in [0.1, 0.15) is 4.83 Å². The van der Waals surface area contributed by atoms with E-state index in [0.717, 1.165) is 40.5 Å². The van der Waals surface area contributed by atoms with Gasteiger partial charge in [0.15, 0.2) is 0 Å². The number of thiophene rings is 1. The van der Waals surface area contributed by atoms with Crippen LogP contribution in [-0.2, 0) is 17.6 Å². The van der Waals surface area contributed by atoms with E-state index < -0.39 is 0 Å². The highest BCUT2D eigenvalue weighted by Gasteiger charge is 2.24. The minimum atomic E-state index is -0.0685. The van der Waals surface area contributed by atoms with Crippen LogP contribution < -0.4 is 17.7 Å². The molecule has 32 heavy (non-hydrogen) atoms. The molecule has 0 spiro atoms. The lowest BCUT2D eigenvalue weighted by Crippen LogP contribution is -3.00. The van der Waals surface area contributed by atoms with Gasteiger partial charge in [-0.15, -0.1) is 11.3 Å². The van der Waals surface area contributed by atoms with Crippen molar-refractivity contribution in [1.29, 1.82) is 0 Å². The first-order valence-corrected chi connectivity index (χ1v) is 11.7. The average Bonchev–Trinajstić information content (AvgIpc) is 3.10. The molecule has 1 aliphatic rings. The number of hydrogen-bond acceptors (Lipinski definition) is 3. The van der Waals surface area contributed by atoms with Crippen LogP contribution in [0.25, 0.3) is 32.6 Å². The van der Waals surface area contributed by atoms with E-state index in [9.17, 15) is 4.79 Å². The minimum Gasteiger partial charge on any atom is -1.00 e. The van der Waals surface area contributed by atoms with Gasteiger partial charge in [-0.25, -0.2) is 4.98 Å². The Labute approximate surface area is 199 Å². The predicted octanol–water partition coefficient (Wildman–Crippen LogP) is 4.03. The molecule has 1 aliphatic carbocycles. The molecule has 0 saturated carbocycles. The van der Waals surface area contributed by atoms with Crippen molar-refractivity contribution in [2.75, 3.05) is 5.32 Å². The number of fused-ring (bicyclic) bond motifs is 3. The second-order valence-electron chi connectivity index (χ2n) is 8.72. The Morgan fingerprint density at radius 3 is 2.66 bits per heavy atom. The van der Waals surface area contributed by atoms with Crippen molar-refractivity contribution in [3.05, 3.63) is 70.6 Å². The molecule has 2 aromatic carbocycles. The first-order chi connectivity index (χ1) is 15.0. The lowest BCUT2D eigenvalue weighted by Gasteiger charge is -2.18. The first-order valence-electron chi connectivity index (χ1n) is 10.9. The molecule has 1 N–H and O–H groups in total. The fourth-order valence-electron chi connectivity index (χ4n) is 4.59. The summed E-state index contributed by atoms with van der Waals surface area (Å²) < 4.78 is 0. The van der Waals surface area contributed by atoms with Gasteiger partial charge in [-0.1, -0.05) is 48.9 Å². The SMILES string of the molecule is CC(=O)Nc1cccc(-c2cc(-c3cccc(C)c3)c3c4c(sc3n2)CC(C)CC4)c1.[Cl-]. The molecule has 0 aliphatic heterocycles. The van der Waals surface area contributed by atoms with Crippen molar-refractivity contribution in [3.8, 4) is 22.4 Å². The summed E-state index contributed by atoms with van der Waals surface area (Å²) in [6.45, 7) is 6.02. The molecule has 164 valence electrons. The molecule has 2 heterocycles. The zero-order valence-corrected chi connectivity index (χ0v) is 20.1. The number of pyridine rings is 1. The maximum atomic E-state index is 11.5. The maximum absolute atomic E-state index is 11.5. The molecule has 0 saturated heterocycles. The van der Waals surface area contributed by atoms with Crippen molar-refractivity contribution in [2.45, 2.75) is 40.0 Å². The van der Waals surface area contributed by atoms with Crippen LogP contribution in [0.4, 0.5) is 5.69 Å². The summed E-state index contributed by atoms with van der Waals surface area (Å²) in [6.07, 6.45) is 3.53. The van der Waals surface area contributed by atoms with E-state index in [-0.39, 0.29) is 18.3 Å². The van der Waals surface area contributed by atoms with Gasteiger partial charge < -0.3 is 17.7 Å². The van der Waals surface area contributed by atoms with Gasteiger partial charge in [0.25, 0.3) is 0 Å². The molecule has 5 rings (SSSR count). The van der Waals surface area contributed by atoms with Crippen LogP contribution in [0.3, 0.4) is 0 Å². The highest BCUT2D eigenvalue weighted by molar-refractivity contribution is 7.19. The van der Waals surface area contributed by atoms with Gasteiger partial charge in [-0.3, -0.25) is 4.79 Å². The van der Waals surface area contributed by atoms with E-state index in [2.05, 4.69) is 55.6 Å². The summed E-state index contributed by atoms with van der Waals surface area (Å²) >= 11 is 1.86. The number of anilines is 1. The first kappa shape index (κ1) is 22.5. The quantitative estimate of drug-likeness (QED) is 0.500. The standard InChI is InChI=1S/C27H26N2OS.ClH/c1-16-6-4-7-19(12-16)23-15-24(20-8-5-9-21(14-20)28-18(3)30)29-27-26(23)22-11-10-17(2)13-25(22)31-27;/h4-9,12,14-15,17H,10-11,13H2,1-3H3,(H,28,30);1H/p-1. The van der Waals surface area contributed by atoms with Crippen LogP contribution in [0.2, 0.25) is 0 Å². The molecule has 1 unspecified atom stereocenters. The van der Waals surface area contributed by atoms with E-state index in [1.807, 2.05) is 29.5 Å². The third-order valence-corrected chi connectivity index (χ3v) is 7.22. The fraction of sp³-hybridized carbons (Fsp3) is 0.259. The van der Waals surface area contributed by atoms with Crippen molar-refractivity contribution < 1.29 is 17.2 Å². The molecular weight excluding hydrogens is 436 g/mol. The lowest BCUT2D eigenvalue weighted by molar-refractivity contribution is -0.114. The van der Waals surface area contributed by atoms with Crippen LogP contribution in [0, 0.1) is 12.8 Å². The van der Waals surface area contributed by atoms with E-state index >= 15 is 0 Å². The molecule has 5 heteroatoms. The average molecular weight is 462 g/mol. The number of hydrogen-bond donors (Lipinski definition) is 1. The number of nitrogens with one attached hydrogen (secondary N) is 1. The molecule has 1 amide bonds. The normalized spacial score (nSPS) is 15.2. The second-order valence-corrected chi connectivity index (χ2v) is 9.80. The summed E-state index contributed by atoms with van der Waals surface area (Å²) in [6, 6.07) is 18.9. The van der Waals surface area contributed by atoms with E-state index in [1.165, 1.54) is 45.9 Å². The Bertz CT molecular complexity index is 1310. The second kappa shape index (κ2) is 9.05. The maximum Gasteiger partial charge on any atom is 0.221 e. The van der Waals surface area contributed by atoms with Crippen LogP contribution in [-0.4, -0.2) is 10.9 Å². The molecule has 0 bridgehead atoms. The number of aryl methyl sites for hydroxylation is 2. The van der Waals surface area contributed by atoms with Gasteiger partial charge in [0.2, 0.25) is 5.91 Å². The number of nitrogens with zero attached hydrogens (tertiary/aromatic N) is 1. The van der Waals surface area contributed by atoms with Gasteiger partial charge in [-0.2, -0.15) is 0 Å². The molecule has 3 nitrogen and oxygen atoms in total. The largest absolute Gasteiger partial charge is 1.00 e. The molecule has 0 radical (unpaired) electrons. The van der Waals surface area contributed by atoms with E-state index in [0.29, 0.717) is 0 Å². The van der Waals surface area contributed by atoms with Gasteiger partial charge in [0.05, 0.1) is 5.69 Å². The lowest BCUT2D eigenvalue weighted by atomic mass is 9.87. The predicted molar refractivity (Wildman–Crippen MR) is 131 cm³/mol. The zero-order chi connectivity index (χ0) is 21.5. The summed E-state index contributed by atoms with van der Waals surface area (Å²) in [5.41, 5.74) is 8.02. The Kier molecular flexibility index (Phi) is 6.36. The van der Waals surface area contributed by atoms with Gasteiger partial charge >= 0.3 is 0 Å². The van der Waals surface area contributed by atoms with Crippen molar-refractivity contribution in [3.63, 3.8) is 0 Å². The number of aromatic nitrogens is 1. The monoisotopic (exact) mass is 461 g/mol. The third kappa shape index (κ3) is 4.30. The molecule has 1 atom stereocenters. The Balaban J connectivity index is 0.00000245. The van der Waals surface area contributed by atoms with Crippen LogP contribution in [0.1, 0.15) is 36.3 Å². The summed E-state index contributed by atoms with van der Waals surface area (Å²) in [5, 5.41) is 4.22. The Hall–Kier alpha value is -2.69. The highest BCUT2D eigenvalue weighted by Crippen LogP contribution is 2.43. The Morgan fingerprint density at radius 1 is 1.09 bits per heavy atom. The number of carbonyl (C=O) groups excluding carboxylic acids is 1.